The third kappa shape index (κ3) is 5.72. The van der Waals surface area contributed by atoms with Crippen LogP contribution in [0.3, 0.4) is 0 Å². The molecule has 4 heteroatoms. The molecule has 0 fully saturated rings. The first-order chi connectivity index (χ1) is 6.24. The number of hydrogen-bond acceptors (Lipinski definition) is 3. The van der Waals surface area contributed by atoms with E-state index >= 15 is 0 Å². The Morgan fingerprint density at radius 3 is 2.85 bits per heavy atom. The molecule has 0 heterocycles. The second-order valence-corrected chi connectivity index (χ2v) is 2.44. The number of carbonyl (C=O) groups is 1. The number of nitriles is 1. The van der Waals surface area contributed by atoms with Gasteiger partial charge in [-0.25, -0.2) is 0 Å². The predicted molar refractivity (Wildman–Crippen MR) is 49.6 cm³/mol. The normalized spacial score (nSPS) is 8.92. The van der Waals surface area contributed by atoms with Crippen LogP contribution in [0.25, 0.3) is 0 Å². The van der Waals surface area contributed by atoms with Crippen LogP contribution < -0.4 is 5.32 Å². The van der Waals surface area contributed by atoms with E-state index in [0.29, 0.717) is 6.54 Å². The third-order valence-electron chi connectivity index (χ3n) is 1.50. The van der Waals surface area contributed by atoms with Gasteiger partial charge in [-0.3, -0.25) is 9.69 Å². The van der Waals surface area contributed by atoms with Gasteiger partial charge in [-0.1, -0.05) is 12.8 Å². The lowest BCUT2D eigenvalue weighted by molar-refractivity contribution is -0.121. The molecule has 0 aliphatic heterocycles. The summed E-state index contributed by atoms with van der Waals surface area (Å²) in [6.07, 6.45) is 4.97. The predicted octanol–water partition coefficient (Wildman–Crippen LogP) is -0.419. The van der Waals surface area contributed by atoms with E-state index in [1.807, 2.05) is 13.0 Å². The van der Waals surface area contributed by atoms with Gasteiger partial charge in [0.25, 0.3) is 0 Å². The van der Waals surface area contributed by atoms with Gasteiger partial charge < -0.3 is 5.32 Å². The van der Waals surface area contributed by atoms with E-state index in [0.717, 1.165) is 0 Å². The SMILES string of the molecule is C#CCNC(=O)CN(CC)CC#N. The van der Waals surface area contributed by atoms with Gasteiger partial charge in [0, 0.05) is 0 Å². The molecule has 13 heavy (non-hydrogen) atoms. The van der Waals surface area contributed by atoms with E-state index in [1.165, 1.54) is 0 Å². The van der Waals surface area contributed by atoms with Crippen LogP contribution in [0.2, 0.25) is 0 Å². The highest BCUT2D eigenvalue weighted by molar-refractivity contribution is 5.78. The highest BCUT2D eigenvalue weighted by Crippen LogP contribution is 1.85. The number of rotatable bonds is 5. The third-order valence-corrected chi connectivity index (χ3v) is 1.50. The average molecular weight is 179 g/mol. The first kappa shape index (κ1) is 11.5. The molecule has 0 aromatic rings. The molecule has 0 aromatic carbocycles. The molecule has 0 unspecified atom stereocenters. The highest BCUT2D eigenvalue weighted by atomic mass is 16.2. The fourth-order valence-electron chi connectivity index (χ4n) is 0.788. The molecule has 0 aliphatic rings. The summed E-state index contributed by atoms with van der Waals surface area (Å²) in [7, 11) is 0. The number of nitrogens with zero attached hydrogens (tertiary/aromatic N) is 2. The molecular formula is C9H13N3O. The Morgan fingerprint density at radius 1 is 1.69 bits per heavy atom. The molecule has 0 radical (unpaired) electrons. The fourth-order valence-corrected chi connectivity index (χ4v) is 0.788. The van der Waals surface area contributed by atoms with Gasteiger partial charge in [-0.2, -0.15) is 5.26 Å². The Hall–Kier alpha value is -1.52. The molecule has 0 saturated carbocycles. The van der Waals surface area contributed by atoms with E-state index in [4.69, 9.17) is 11.7 Å². The maximum Gasteiger partial charge on any atom is 0.234 e. The molecule has 1 N–H and O–H groups in total. The molecule has 0 aliphatic carbocycles. The second kappa shape index (κ2) is 7.15. The summed E-state index contributed by atoms with van der Waals surface area (Å²) in [6, 6.07) is 1.99. The fraction of sp³-hybridized carbons (Fsp3) is 0.556. The molecule has 0 atom stereocenters. The Balaban J connectivity index is 3.75. The molecule has 0 saturated heterocycles. The van der Waals surface area contributed by atoms with Gasteiger partial charge in [-0.05, 0) is 6.54 Å². The van der Waals surface area contributed by atoms with E-state index in [2.05, 4.69) is 11.2 Å². The van der Waals surface area contributed by atoms with E-state index in [1.54, 1.807) is 4.90 Å². The monoisotopic (exact) mass is 179 g/mol. The van der Waals surface area contributed by atoms with Crippen LogP contribution in [0.1, 0.15) is 6.92 Å². The zero-order valence-corrected chi connectivity index (χ0v) is 7.71. The number of amides is 1. The Labute approximate surface area is 78.5 Å². The van der Waals surface area contributed by atoms with Crippen LogP contribution in [0.15, 0.2) is 0 Å². The van der Waals surface area contributed by atoms with Gasteiger partial charge in [0.2, 0.25) is 5.91 Å². The Morgan fingerprint density at radius 2 is 2.38 bits per heavy atom. The smallest absolute Gasteiger partial charge is 0.234 e. The van der Waals surface area contributed by atoms with Crippen molar-refractivity contribution in [2.45, 2.75) is 6.92 Å². The molecule has 0 bridgehead atoms. The molecular weight excluding hydrogens is 166 g/mol. The maximum absolute atomic E-state index is 11.1. The summed E-state index contributed by atoms with van der Waals surface area (Å²) >= 11 is 0. The summed E-state index contributed by atoms with van der Waals surface area (Å²) in [5, 5.41) is 10.9. The van der Waals surface area contributed by atoms with Crippen LogP contribution in [0, 0.1) is 23.7 Å². The van der Waals surface area contributed by atoms with Crippen LogP contribution in [0.4, 0.5) is 0 Å². The van der Waals surface area contributed by atoms with Gasteiger partial charge >= 0.3 is 0 Å². The second-order valence-electron chi connectivity index (χ2n) is 2.44. The van der Waals surface area contributed by atoms with Crippen molar-refractivity contribution in [3.05, 3.63) is 0 Å². The number of likely N-dealkylation sites (N-methyl/N-ethyl adjacent to an activating group) is 1. The molecule has 4 nitrogen and oxygen atoms in total. The van der Waals surface area contributed by atoms with Crippen LogP contribution in [0.5, 0.6) is 0 Å². The summed E-state index contributed by atoms with van der Waals surface area (Å²) in [5.74, 6) is 2.16. The van der Waals surface area contributed by atoms with Crippen LogP contribution in [-0.2, 0) is 4.79 Å². The van der Waals surface area contributed by atoms with Crippen molar-refractivity contribution in [2.75, 3.05) is 26.2 Å². The van der Waals surface area contributed by atoms with Gasteiger partial charge in [0.1, 0.15) is 0 Å². The largest absolute Gasteiger partial charge is 0.344 e. The van der Waals surface area contributed by atoms with Crippen molar-refractivity contribution in [1.82, 2.24) is 10.2 Å². The van der Waals surface area contributed by atoms with Crippen LogP contribution >= 0.6 is 0 Å². The van der Waals surface area contributed by atoms with E-state index in [-0.39, 0.29) is 25.5 Å². The van der Waals surface area contributed by atoms with Crippen LogP contribution in [-0.4, -0.2) is 37.0 Å². The topological polar surface area (TPSA) is 56.1 Å². The van der Waals surface area contributed by atoms with Crippen molar-refractivity contribution < 1.29 is 4.79 Å². The lowest BCUT2D eigenvalue weighted by atomic mass is 10.4. The van der Waals surface area contributed by atoms with Crippen molar-refractivity contribution in [3.8, 4) is 18.4 Å². The molecule has 1 amide bonds. The molecule has 0 aromatic heterocycles. The average Bonchev–Trinajstić information content (AvgIpc) is 2.14. The van der Waals surface area contributed by atoms with E-state index < -0.39 is 0 Å². The Kier molecular flexibility index (Phi) is 6.31. The van der Waals surface area contributed by atoms with Crippen molar-refractivity contribution in [2.24, 2.45) is 0 Å². The number of nitrogens with one attached hydrogen (secondary N) is 1. The first-order valence-electron chi connectivity index (χ1n) is 4.04. The summed E-state index contributed by atoms with van der Waals surface area (Å²) in [5.41, 5.74) is 0. The van der Waals surface area contributed by atoms with Crippen molar-refractivity contribution in [3.63, 3.8) is 0 Å². The van der Waals surface area contributed by atoms with E-state index in [9.17, 15) is 4.79 Å². The zero-order valence-electron chi connectivity index (χ0n) is 7.71. The quantitative estimate of drug-likeness (QED) is 0.460. The van der Waals surface area contributed by atoms with Gasteiger partial charge in [0.15, 0.2) is 0 Å². The number of terminal acetylenes is 1. The standard InChI is InChI=1S/C9H13N3O/c1-3-6-11-9(13)8-12(4-2)7-5-10/h1H,4,6-8H2,2H3,(H,11,13). The highest BCUT2D eigenvalue weighted by Gasteiger charge is 2.06. The Bertz CT molecular complexity index is 236. The summed E-state index contributed by atoms with van der Waals surface area (Å²) in [6.45, 7) is 3.30. The molecule has 0 spiro atoms. The maximum atomic E-state index is 11.1. The molecule has 70 valence electrons. The minimum atomic E-state index is -0.143. The van der Waals surface area contributed by atoms with Gasteiger partial charge in [0.05, 0.1) is 25.7 Å². The first-order valence-corrected chi connectivity index (χ1v) is 4.04. The lowest BCUT2D eigenvalue weighted by Gasteiger charge is -2.14. The summed E-state index contributed by atoms with van der Waals surface area (Å²) in [4.78, 5) is 12.8. The minimum absolute atomic E-state index is 0.143. The lowest BCUT2D eigenvalue weighted by Crippen LogP contribution is -2.37. The number of carbonyl (C=O) groups excluding carboxylic acids is 1. The molecule has 0 rings (SSSR count). The zero-order chi connectivity index (χ0) is 10.1. The van der Waals surface area contributed by atoms with Gasteiger partial charge in [-0.15, -0.1) is 6.42 Å². The minimum Gasteiger partial charge on any atom is -0.344 e. The summed E-state index contributed by atoms with van der Waals surface area (Å²) < 4.78 is 0. The number of hydrogen-bond donors (Lipinski definition) is 1. The van der Waals surface area contributed by atoms with Crippen molar-refractivity contribution in [1.29, 1.82) is 5.26 Å². The van der Waals surface area contributed by atoms with Crippen molar-refractivity contribution >= 4 is 5.91 Å².